The lowest BCUT2D eigenvalue weighted by Gasteiger charge is -2.45. The highest BCUT2D eigenvalue weighted by Crippen LogP contribution is 2.40. The normalized spacial score (nSPS) is 22.4. The number of carbonyl (C=O) groups excluding carboxylic acids is 3. The van der Waals surface area contributed by atoms with Gasteiger partial charge in [0.15, 0.2) is 24.7 Å². The molecule has 0 saturated carbocycles. The topological polar surface area (TPSA) is 85.8 Å². The Morgan fingerprint density at radius 1 is 1.40 bits per heavy atom. The first-order valence-corrected chi connectivity index (χ1v) is 8.80. The van der Waals surface area contributed by atoms with Gasteiger partial charge in [-0.3, -0.25) is 14.5 Å². The molecule has 25 heavy (non-hydrogen) atoms. The zero-order valence-corrected chi connectivity index (χ0v) is 14.2. The van der Waals surface area contributed by atoms with E-state index in [0.29, 0.717) is 18.7 Å². The fourth-order valence-electron chi connectivity index (χ4n) is 3.25. The maximum Gasteiger partial charge on any atom is 0.230 e. The highest BCUT2D eigenvalue weighted by molar-refractivity contribution is 8.00. The Labute approximate surface area is 147 Å². The van der Waals surface area contributed by atoms with Gasteiger partial charge in [0.2, 0.25) is 5.91 Å². The molecule has 2 aromatic heterocycles. The van der Waals surface area contributed by atoms with Crippen LogP contribution in [0.4, 0.5) is 0 Å². The van der Waals surface area contributed by atoms with Crippen LogP contribution in [0.15, 0.2) is 42.5 Å². The van der Waals surface area contributed by atoms with Crippen LogP contribution >= 0.6 is 11.8 Å². The van der Waals surface area contributed by atoms with Crippen molar-refractivity contribution in [2.45, 2.75) is 30.5 Å². The van der Waals surface area contributed by atoms with Gasteiger partial charge in [0, 0.05) is 6.92 Å². The van der Waals surface area contributed by atoms with Gasteiger partial charge >= 0.3 is 0 Å². The average Bonchev–Trinajstić information content (AvgIpc) is 2.96. The number of β-lactam (4-membered cyclic amide) rings is 1. The fraction of sp³-hybridized carbons (Fsp3) is 0.294. The van der Waals surface area contributed by atoms with E-state index >= 15 is 0 Å². The lowest BCUT2D eigenvalue weighted by Crippen LogP contribution is -2.56. The molecule has 1 fully saturated rings. The van der Waals surface area contributed by atoms with Crippen molar-refractivity contribution >= 4 is 34.9 Å². The van der Waals surface area contributed by atoms with Crippen molar-refractivity contribution in [3.8, 4) is 0 Å². The molecule has 0 bridgehead atoms. The van der Waals surface area contributed by atoms with Crippen LogP contribution in [-0.2, 0) is 16.1 Å². The van der Waals surface area contributed by atoms with Crippen molar-refractivity contribution in [3.05, 3.63) is 48.2 Å². The third kappa shape index (κ3) is 2.62. The number of carboxylic acid groups (broad SMARTS) is 1. The number of carbonyl (C=O) groups is 3. The monoisotopic (exact) mass is 357 g/mol. The smallest absolute Gasteiger partial charge is 0.230 e. The number of aliphatic carboxylic acids is 1. The first-order valence-electron chi connectivity index (χ1n) is 7.86. The van der Waals surface area contributed by atoms with E-state index in [0.717, 1.165) is 5.52 Å². The van der Waals surface area contributed by atoms with Crippen LogP contribution < -0.4 is 9.67 Å². The molecule has 0 aliphatic carbocycles. The zero-order valence-electron chi connectivity index (χ0n) is 13.4. The highest BCUT2D eigenvalue weighted by Gasteiger charge is 2.44. The Hall–Kier alpha value is -2.61. The van der Waals surface area contributed by atoms with E-state index in [1.54, 1.807) is 23.9 Å². The maximum absolute atomic E-state index is 11.6. The van der Waals surface area contributed by atoms with Gasteiger partial charge < -0.3 is 14.3 Å². The minimum atomic E-state index is -1.32. The highest BCUT2D eigenvalue weighted by atomic mass is 32.2. The SMILES string of the molecule is CC(=O)c1ccc2c[n+](CC3C=C(C(=O)[O-])N4C(=O)C[C@H]4S3)ccn12. The molecule has 0 N–H and O–H groups in total. The van der Waals surface area contributed by atoms with E-state index in [1.807, 2.05) is 33.6 Å². The van der Waals surface area contributed by atoms with Gasteiger partial charge in [0.05, 0.1) is 40.6 Å². The van der Waals surface area contributed by atoms with Gasteiger partial charge in [-0.05, 0) is 18.2 Å². The lowest BCUT2D eigenvalue weighted by atomic mass is 10.1. The average molecular weight is 357 g/mol. The van der Waals surface area contributed by atoms with Gasteiger partial charge in [-0.1, -0.05) is 0 Å². The number of thioether (sulfide) groups is 1. The van der Waals surface area contributed by atoms with Gasteiger partial charge in [-0.25, -0.2) is 4.57 Å². The summed E-state index contributed by atoms with van der Waals surface area (Å²) in [4.78, 5) is 35.8. The van der Waals surface area contributed by atoms with Crippen LogP contribution in [0.25, 0.3) is 5.52 Å². The predicted molar refractivity (Wildman–Crippen MR) is 87.3 cm³/mol. The third-order valence-electron chi connectivity index (χ3n) is 4.46. The number of Topliss-reactive ketones (excluding diaryl/α,β-unsaturated/α-hetero) is 1. The van der Waals surface area contributed by atoms with Gasteiger partial charge in [0.1, 0.15) is 5.52 Å². The van der Waals surface area contributed by atoms with E-state index in [4.69, 9.17) is 0 Å². The van der Waals surface area contributed by atoms with Gasteiger partial charge in [-0.2, -0.15) is 0 Å². The summed E-state index contributed by atoms with van der Waals surface area (Å²) in [7, 11) is 0. The van der Waals surface area contributed by atoms with E-state index in [-0.39, 0.29) is 28.0 Å². The van der Waals surface area contributed by atoms with Crippen LogP contribution in [0.1, 0.15) is 23.8 Å². The molecular formula is C17H15N3O4S. The van der Waals surface area contributed by atoms with Crippen molar-refractivity contribution in [2.24, 2.45) is 0 Å². The number of fused-ring (bicyclic) bond motifs is 2. The lowest BCUT2D eigenvalue weighted by molar-refractivity contribution is -0.694. The summed E-state index contributed by atoms with van der Waals surface area (Å²) in [5.41, 5.74) is 1.48. The molecule has 4 heterocycles. The van der Waals surface area contributed by atoms with E-state index in [1.165, 1.54) is 11.8 Å². The summed E-state index contributed by atoms with van der Waals surface area (Å²) in [6.07, 6.45) is 7.53. The first-order chi connectivity index (χ1) is 11.9. The molecule has 0 aromatic carbocycles. The number of rotatable bonds is 4. The molecule has 2 aromatic rings. The summed E-state index contributed by atoms with van der Waals surface area (Å²) < 4.78 is 3.78. The van der Waals surface area contributed by atoms with Crippen LogP contribution in [-0.4, -0.2) is 37.6 Å². The molecule has 0 spiro atoms. The fourth-order valence-corrected chi connectivity index (χ4v) is 4.72. The number of nitrogens with zero attached hydrogens (tertiary/aromatic N) is 3. The molecule has 128 valence electrons. The summed E-state index contributed by atoms with van der Waals surface area (Å²) in [6.45, 7) is 2.09. The predicted octanol–water partition coefficient (Wildman–Crippen LogP) is -0.263. The quantitative estimate of drug-likeness (QED) is 0.427. The first kappa shape index (κ1) is 15.9. The minimum absolute atomic E-state index is 0.00291. The van der Waals surface area contributed by atoms with E-state index in [2.05, 4.69) is 0 Å². The number of hydrogen-bond donors (Lipinski definition) is 0. The van der Waals surface area contributed by atoms with Crippen molar-refractivity contribution in [3.63, 3.8) is 0 Å². The Morgan fingerprint density at radius 2 is 2.20 bits per heavy atom. The molecule has 2 aliphatic heterocycles. The molecule has 1 amide bonds. The van der Waals surface area contributed by atoms with Crippen molar-refractivity contribution in [1.29, 1.82) is 0 Å². The second kappa shape index (κ2) is 5.73. The molecule has 1 saturated heterocycles. The number of ketones is 1. The molecule has 7 nitrogen and oxygen atoms in total. The Kier molecular flexibility index (Phi) is 3.64. The standard InChI is InChI=1S/C17H15N3O4S/c1-10(21)13-3-2-11-8-18(4-5-19(11)13)9-12-6-14(17(23)24)20-15(22)7-16(20)25-12/h2-6,8,12,16H,7,9H2,1H3/t12?,16-/m1/s1. The van der Waals surface area contributed by atoms with Crippen LogP contribution in [0.5, 0.6) is 0 Å². The Bertz CT molecular complexity index is 949. The van der Waals surface area contributed by atoms with Crippen molar-refractivity contribution in [2.75, 3.05) is 0 Å². The largest absolute Gasteiger partial charge is 0.543 e. The number of amides is 1. The Morgan fingerprint density at radius 3 is 2.88 bits per heavy atom. The minimum Gasteiger partial charge on any atom is -0.543 e. The van der Waals surface area contributed by atoms with Crippen molar-refractivity contribution in [1.82, 2.24) is 9.30 Å². The second-order valence-electron chi connectivity index (χ2n) is 6.13. The summed E-state index contributed by atoms with van der Waals surface area (Å²) in [5.74, 6) is -1.50. The summed E-state index contributed by atoms with van der Waals surface area (Å²) >= 11 is 1.57. The number of carboxylic acids is 1. The number of hydrogen-bond acceptors (Lipinski definition) is 5. The van der Waals surface area contributed by atoms with E-state index < -0.39 is 5.97 Å². The zero-order chi connectivity index (χ0) is 17.7. The maximum atomic E-state index is 11.6. The summed E-state index contributed by atoms with van der Waals surface area (Å²) in [5, 5.41) is 11.1. The second-order valence-corrected chi connectivity index (χ2v) is 7.55. The van der Waals surface area contributed by atoms with Gasteiger partial charge in [-0.15, -0.1) is 11.8 Å². The summed E-state index contributed by atoms with van der Waals surface area (Å²) in [6, 6.07) is 3.65. The van der Waals surface area contributed by atoms with Crippen LogP contribution in [0, 0.1) is 0 Å². The molecule has 1 unspecified atom stereocenters. The van der Waals surface area contributed by atoms with Gasteiger partial charge in [0.25, 0.3) is 0 Å². The van der Waals surface area contributed by atoms with Crippen molar-refractivity contribution < 1.29 is 24.1 Å². The third-order valence-corrected chi connectivity index (χ3v) is 5.78. The molecule has 2 aliphatic rings. The molecule has 2 atom stereocenters. The van der Waals surface area contributed by atoms with Crippen LogP contribution in [0.3, 0.4) is 0 Å². The molecule has 4 rings (SSSR count). The van der Waals surface area contributed by atoms with Crippen LogP contribution in [0.2, 0.25) is 0 Å². The van der Waals surface area contributed by atoms with E-state index in [9.17, 15) is 19.5 Å². The molecular weight excluding hydrogens is 342 g/mol. The Balaban J connectivity index is 1.60. The molecule has 0 radical (unpaired) electrons. The number of aromatic nitrogens is 2. The molecule has 8 heteroatoms.